The summed E-state index contributed by atoms with van der Waals surface area (Å²) in [7, 11) is 1.65. The minimum absolute atomic E-state index is 0.197. The molecular weight excluding hydrogens is 202 g/mol. The molecule has 1 heterocycles. The number of amides is 1. The van der Waals surface area contributed by atoms with E-state index in [2.05, 4.69) is 0 Å². The maximum atomic E-state index is 12.1. The first-order valence-electron chi connectivity index (χ1n) is 5.77. The van der Waals surface area contributed by atoms with Crippen molar-refractivity contribution in [1.29, 1.82) is 0 Å². The van der Waals surface area contributed by atoms with E-state index in [-0.39, 0.29) is 5.91 Å². The first kappa shape index (κ1) is 9.70. The van der Waals surface area contributed by atoms with Crippen LogP contribution in [-0.4, -0.2) is 24.0 Å². The fourth-order valence-electron chi connectivity index (χ4n) is 2.44. The zero-order valence-corrected chi connectivity index (χ0v) is 9.40. The molecule has 1 amide bonds. The molecule has 3 nitrogen and oxygen atoms in total. The number of nitrogens with zero attached hydrogens (tertiary/aromatic N) is 1. The second-order valence-corrected chi connectivity index (χ2v) is 4.54. The van der Waals surface area contributed by atoms with E-state index in [0.717, 1.165) is 36.3 Å². The summed E-state index contributed by atoms with van der Waals surface area (Å²) in [6.45, 7) is 0.760. The average molecular weight is 217 g/mol. The van der Waals surface area contributed by atoms with Gasteiger partial charge in [-0.25, -0.2) is 0 Å². The highest BCUT2D eigenvalue weighted by molar-refractivity contribution is 5.98. The number of ether oxygens (including phenoxy) is 1. The van der Waals surface area contributed by atoms with Crippen LogP contribution in [0.25, 0.3) is 0 Å². The third kappa shape index (κ3) is 1.31. The van der Waals surface area contributed by atoms with Crippen molar-refractivity contribution >= 4 is 5.91 Å². The second kappa shape index (κ2) is 3.51. The topological polar surface area (TPSA) is 29.5 Å². The van der Waals surface area contributed by atoms with Gasteiger partial charge in [0.05, 0.1) is 7.11 Å². The van der Waals surface area contributed by atoms with Gasteiger partial charge in [0.25, 0.3) is 5.91 Å². The number of carbonyl (C=O) groups is 1. The highest BCUT2D eigenvalue weighted by atomic mass is 16.5. The molecule has 0 unspecified atom stereocenters. The number of benzene rings is 1. The van der Waals surface area contributed by atoms with E-state index in [0.29, 0.717) is 6.04 Å². The number of fused-ring (bicyclic) bond motifs is 1. The van der Waals surface area contributed by atoms with Crippen LogP contribution in [0.15, 0.2) is 18.2 Å². The second-order valence-electron chi connectivity index (χ2n) is 4.54. The summed E-state index contributed by atoms with van der Waals surface area (Å²) < 4.78 is 5.18. The van der Waals surface area contributed by atoms with Gasteiger partial charge in [-0.3, -0.25) is 4.79 Å². The maximum absolute atomic E-state index is 12.1. The fraction of sp³-hybridized carbons (Fsp3) is 0.462. The minimum atomic E-state index is 0.197. The van der Waals surface area contributed by atoms with Gasteiger partial charge >= 0.3 is 0 Å². The first-order chi connectivity index (χ1) is 7.79. The fourth-order valence-corrected chi connectivity index (χ4v) is 2.44. The monoisotopic (exact) mass is 217 g/mol. The molecule has 1 fully saturated rings. The van der Waals surface area contributed by atoms with Crippen LogP contribution in [0.5, 0.6) is 5.75 Å². The predicted molar refractivity (Wildman–Crippen MR) is 60.5 cm³/mol. The van der Waals surface area contributed by atoms with Crippen molar-refractivity contribution in [2.45, 2.75) is 31.8 Å². The highest BCUT2D eigenvalue weighted by Crippen LogP contribution is 2.33. The van der Waals surface area contributed by atoms with E-state index in [4.69, 9.17) is 4.74 Å². The Labute approximate surface area is 95.0 Å². The van der Waals surface area contributed by atoms with E-state index in [1.54, 1.807) is 7.11 Å². The van der Waals surface area contributed by atoms with Crippen LogP contribution in [0.4, 0.5) is 0 Å². The molecule has 0 bridgehead atoms. The van der Waals surface area contributed by atoms with Crippen molar-refractivity contribution in [3.8, 4) is 5.75 Å². The van der Waals surface area contributed by atoms with E-state index in [1.807, 2.05) is 23.1 Å². The molecule has 1 saturated carbocycles. The third-order valence-electron chi connectivity index (χ3n) is 3.66. The lowest BCUT2D eigenvalue weighted by Gasteiger charge is -2.34. The van der Waals surface area contributed by atoms with Gasteiger partial charge in [-0.2, -0.15) is 0 Å². The van der Waals surface area contributed by atoms with Crippen molar-refractivity contribution in [2.24, 2.45) is 0 Å². The summed E-state index contributed by atoms with van der Waals surface area (Å²) in [6, 6.07) is 6.20. The number of hydrogen-bond acceptors (Lipinski definition) is 2. The Balaban J connectivity index is 1.90. The molecule has 1 aromatic carbocycles. The number of carbonyl (C=O) groups excluding carboxylic acids is 1. The Morgan fingerprint density at radius 1 is 1.38 bits per heavy atom. The molecule has 16 heavy (non-hydrogen) atoms. The Morgan fingerprint density at radius 2 is 2.19 bits per heavy atom. The minimum Gasteiger partial charge on any atom is -0.497 e. The van der Waals surface area contributed by atoms with Crippen LogP contribution in [0.2, 0.25) is 0 Å². The smallest absolute Gasteiger partial charge is 0.254 e. The van der Waals surface area contributed by atoms with E-state index < -0.39 is 0 Å². The summed E-state index contributed by atoms with van der Waals surface area (Å²) in [6.07, 6.45) is 3.59. The molecular formula is C13H15NO2. The summed E-state index contributed by atoms with van der Waals surface area (Å²) >= 11 is 0. The van der Waals surface area contributed by atoms with Gasteiger partial charge in [0.2, 0.25) is 0 Å². The van der Waals surface area contributed by atoms with Gasteiger partial charge in [-0.05, 0) is 43.0 Å². The maximum Gasteiger partial charge on any atom is 0.254 e. The van der Waals surface area contributed by atoms with Crippen LogP contribution in [0.1, 0.15) is 35.2 Å². The number of hydrogen-bond donors (Lipinski definition) is 0. The van der Waals surface area contributed by atoms with Crippen molar-refractivity contribution in [3.63, 3.8) is 0 Å². The molecule has 3 rings (SSSR count). The van der Waals surface area contributed by atoms with Gasteiger partial charge in [-0.1, -0.05) is 0 Å². The molecule has 0 spiro atoms. The molecule has 3 heteroatoms. The van der Waals surface area contributed by atoms with Gasteiger partial charge in [-0.15, -0.1) is 0 Å². The van der Waals surface area contributed by atoms with E-state index in [1.165, 1.54) is 6.42 Å². The summed E-state index contributed by atoms with van der Waals surface area (Å²) in [5.41, 5.74) is 1.96. The molecule has 0 atom stereocenters. The van der Waals surface area contributed by atoms with Crippen molar-refractivity contribution in [2.75, 3.05) is 7.11 Å². The quantitative estimate of drug-likeness (QED) is 0.760. The van der Waals surface area contributed by atoms with Gasteiger partial charge in [0.15, 0.2) is 0 Å². The number of methoxy groups -OCH3 is 1. The van der Waals surface area contributed by atoms with Crippen molar-refractivity contribution in [1.82, 2.24) is 4.90 Å². The van der Waals surface area contributed by atoms with Gasteiger partial charge < -0.3 is 9.64 Å². The summed E-state index contributed by atoms with van der Waals surface area (Å²) in [5, 5.41) is 0. The Hall–Kier alpha value is -1.51. The SMILES string of the molecule is COc1ccc2c(c1)CN(C1CCC1)C2=O. The molecule has 0 aromatic heterocycles. The molecule has 0 N–H and O–H groups in total. The zero-order valence-electron chi connectivity index (χ0n) is 9.40. The normalized spacial score (nSPS) is 19.6. The largest absolute Gasteiger partial charge is 0.497 e. The predicted octanol–water partition coefficient (Wildman–Crippen LogP) is 2.20. The molecule has 84 valence electrons. The van der Waals surface area contributed by atoms with Crippen molar-refractivity contribution < 1.29 is 9.53 Å². The lowest BCUT2D eigenvalue weighted by Crippen LogP contribution is -2.40. The van der Waals surface area contributed by atoms with Crippen molar-refractivity contribution in [3.05, 3.63) is 29.3 Å². The van der Waals surface area contributed by atoms with Crippen LogP contribution in [0.3, 0.4) is 0 Å². The lowest BCUT2D eigenvalue weighted by molar-refractivity contribution is 0.0606. The molecule has 1 aliphatic carbocycles. The van der Waals surface area contributed by atoms with E-state index in [9.17, 15) is 4.79 Å². The van der Waals surface area contributed by atoms with Crippen LogP contribution in [-0.2, 0) is 6.54 Å². The highest BCUT2D eigenvalue weighted by Gasteiger charge is 2.35. The number of rotatable bonds is 2. The zero-order chi connectivity index (χ0) is 11.1. The molecule has 0 radical (unpaired) electrons. The summed E-state index contributed by atoms with van der Waals surface area (Å²) in [4.78, 5) is 14.1. The van der Waals surface area contributed by atoms with Crippen LogP contribution in [0, 0.1) is 0 Å². The standard InChI is InChI=1S/C13H15NO2/c1-16-11-5-6-12-9(7-11)8-14(13(12)15)10-3-2-4-10/h5-7,10H,2-4,8H2,1H3. The van der Waals surface area contributed by atoms with Gasteiger partial charge in [0.1, 0.15) is 5.75 Å². The molecule has 0 saturated heterocycles. The van der Waals surface area contributed by atoms with Gasteiger partial charge in [0, 0.05) is 18.2 Å². The Morgan fingerprint density at radius 3 is 2.81 bits per heavy atom. The lowest BCUT2D eigenvalue weighted by atomic mass is 9.92. The molecule has 2 aliphatic rings. The first-order valence-corrected chi connectivity index (χ1v) is 5.77. The Bertz CT molecular complexity index is 438. The van der Waals surface area contributed by atoms with Crippen LogP contribution >= 0.6 is 0 Å². The molecule has 1 aromatic rings. The van der Waals surface area contributed by atoms with Crippen LogP contribution < -0.4 is 4.74 Å². The summed E-state index contributed by atoms with van der Waals surface area (Å²) in [5.74, 6) is 1.03. The average Bonchev–Trinajstić information content (AvgIpc) is 2.54. The third-order valence-corrected chi connectivity index (χ3v) is 3.66. The van der Waals surface area contributed by atoms with E-state index >= 15 is 0 Å². The molecule has 1 aliphatic heterocycles. The Kier molecular flexibility index (Phi) is 2.13.